The zero-order valence-electron chi connectivity index (χ0n) is 13.4. The number of nitrogens with zero attached hydrogens (tertiary/aromatic N) is 1. The third-order valence-electron chi connectivity index (χ3n) is 4.14. The predicted molar refractivity (Wildman–Crippen MR) is 105 cm³/mol. The molecule has 0 aliphatic carbocycles. The highest BCUT2D eigenvalue weighted by molar-refractivity contribution is 9.11. The van der Waals surface area contributed by atoms with Gasteiger partial charge < -0.3 is 10.4 Å². The molecule has 0 radical (unpaired) electrons. The second-order valence-corrected chi connectivity index (χ2v) is 7.51. The van der Waals surface area contributed by atoms with Crippen molar-refractivity contribution >= 4 is 49.9 Å². The first-order valence-corrected chi connectivity index (χ1v) is 9.39. The van der Waals surface area contributed by atoms with E-state index in [2.05, 4.69) is 47.7 Å². The number of aromatic hydroxyl groups is 1. The van der Waals surface area contributed by atoms with Crippen LogP contribution in [0.4, 0.5) is 0 Å². The highest BCUT2D eigenvalue weighted by Gasteiger charge is 2.40. The lowest BCUT2D eigenvalue weighted by Crippen LogP contribution is -2.34. The molecule has 0 aromatic heterocycles. The minimum absolute atomic E-state index is 0.0558. The first-order valence-electron chi connectivity index (χ1n) is 7.81. The Bertz CT molecular complexity index is 871. The van der Waals surface area contributed by atoms with Gasteiger partial charge in [-0.05, 0) is 33.6 Å². The first-order chi connectivity index (χ1) is 12.5. The van der Waals surface area contributed by atoms with E-state index in [-0.39, 0.29) is 17.6 Å². The molecule has 2 atom stereocenters. The van der Waals surface area contributed by atoms with Gasteiger partial charge in [-0.25, -0.2) is 5.43 Å². The van der Waals surface area contributed by atoms with Gasteiger partial charge in [0.25, 0.3) is 5.91 Å². The van der Waals surface area contributed by atoms with Crippen LogP contribution in [-0.2, 0) is 9.59 Å². The number of nitrogens with one attached hydrogen (secondary N) is 2. The van der Waals surface area contributed by atoms with Gasteiger partial charge in [-0.2, -0.15) is 5.10 Å². The van der Waals surface area contributed by atoms with Crippen molar-refractivity contribution in [1.82, 2.24) is 10.7 Å². The summed E-state index contributed by atoms with van der Waals surface area (Å²) < 4.78 is 1.24. The first kappa shape index (κ1) is 18.6. The number of rotatable bonds is 4. The number of amides is 2. The monoisotopic (exact) mass is 479 g/mol. The van der Waals surface area contributed by atoms with Gasteiger partial charge in [-0.3, -0.25) is 9.59 Å². The smallest absolute Gasteiger partial charge is 0.253 e. The highest BCUT2D eigenvalue weighted by atomic mass is 79.9. The number of phenols is 1. The minimum Gasteiger partial charge on any atom is -0.507 e. The summed E-state index contributed by atoms with van der Waals surface area (Å²) in [5.74, 6) is -1.80. The van der Waals surface area contributed by atoms with Crippen molar-refractivity contribution in [2.75, 3.05) is 6.54 Å². The second kappa shape index (κ2) is 8.01. The van der Waals surface area contributed by atoms with E-state index in [0.29, 0.717) is 21.1 Å². The van der Waals surface area contributed by atoms with E-state index in [1.54, 1.807) is 6.07 Å². The molecule has 3 N–H and O–H groups in total. The molecule has 8 heteroatoms. The summed E-state index contributed by atoms with van der Waals surface area (Å²) in [7, 11) is 0. The van der Waals surface area contributed by atoms with E-state index >= 15 is 0 Å². The fourth-order valence-corrected chi connectivity index (χ4v) is 3.92. The van der Waals surface area contributed by atoms with Crippen LogP contribution in [0.5, 0.6) is 5.75 Å². The van der Waals surface area contributed by atoms with E-state index in [0.717, 1.165) is 5.56 Å². The van der Waals surface area contributed by atoms with Gasteiger partial charge in [0.2, 0.25) is 5.91 Å². The van der Waals surface area contributed by atoms with Gasteiger partial charge >= 0.3 is 0 Å². The van der Waals surface area contributed by atoms with Crippen molar-refractivity contribution in [2.24, 2.45) is 11.0 Å². The number of carbonyl (C=O) groups excluding carboxylic acids is 2. The Morgan fingerprint density at radius 3 is 2.69 bits per heavy atom. The van der Waals surface area contributed by atoms with E-state index in [1.165, 1.54) is 12.3 Å². The molecule has 1 aliphatic rings. The summed E-state index contributed by atoms with van der Waals surface area (Å²) >= 11 is 6.57. The Morgan fingerprint density at radius 1 is 1.23 bits per heavy atom. The van der Waals surface area contributed by atoms with Gasteiger partial charge in [0, 0.05) is 22.5 Å². The summed E-state index contributed by atoms with van der Waals surface area (Å²) in [5, 5.41) is 16.4. The van der Waals surface area contributed by atoms with Crippen LogP contribution < -0.4 is 10.7 Å². The summed E-state index contributed by atoms with van der Waals surface area (Å²) in [6, 6.07) is 12.6. The molecule has 3 rings (SSSR count). The summed E-state index contributed by atoms with van der Waals surface area (Å²) in [6.45, 7) is 0.413. The quantitative estimate of drug-likeness (QED) is 0.357. The van der Waals surface area contributed by atoms with Crippen LogP contribution in [0.1, 0.15) is 17.0 Å². The maximum atomic E-state index is 12.5. The molecule has 1 heterocycles. The van der Waals surface area contributed by atoms with Gasteiger partial charge in [0.15, 0.2) is 0 Å². The molecule has 134 valence electrons. The average molecular weight is 481 g/mol. The van der Waals surface area contributed by atoms with Crippen LogP contribution in [0.2, 0.25) is 0 Å². The number of carbonyl (C=O) groups is 2. The van der Waals surface area contributed by atoms with E-state index in [9.17, 15) is 14.7 Å². The molecular weight excluding hydrogens is 466 g/mol. The fraction of sp³-hybridized carbons (Fsp3) is 0.167. The Hall–Kier alpha value is -2.19. The minimum atomic E-state index is -0.837. The third kappa shape index (κ3) is 3.96. The summed E-state index contributed by atoms with van der Waals surface area (Å²) in [5.41, 5.74) is 3.93. The number of benzene rings is 2. The summed E-state index contributed by atoms with van der Waals surface area (Å²) in [4.78, 5) is 24.6. The van der Waals surface area contributed by atoms with Crippen molar-refractivity contribution in [1.29, 1.82) is 0 Å². The molecule has 0 unspecified atom stereocenters. The second-order valence-electron chi connectivity index (χ2n) is 5.80. The summed E-state index contributed by atoms with van der Waals surface area (Å²) in [6.07, 6.45) is 1.40. The van der Waals surface area contributed by atoms with Crippen LogP contribution in [0.3, 0.4) is 0 Å². The molecule has 1 saturated heterocycles. The molecule has 26 heavy (non-hydrogen) atoms. The van der Waals surface area contributed by atoms with Gasteiger partial charge in [-0.1, -0.05) is 46.3 Å². The Morgan fingerprint density at radius 2 is 1.96 bits per heavy atom. The van der Waals surface area contributed by atoms with E-state index < -0.39 is 11.8 Å². The SMILES string of the molecule is O=C1NC[C@H](c2ccccc2)[C@H]1C(=O)N/N=C/c1cc(O)c(Br)cc1Br. The molecule has 2 amide bonds. The molecule has 0 saturated carbocycles. The lowest BCUT2D eigenvalue weighted by atomic mass is 9.88. The lowest BCUT2D eigenvalue weighted by molar-refractivity contribution is -0.133. The molecule has 6 nitrogen and oxygen atoms in total. The number of hydrogen-bond donors (Lipinski definition) is 3. The van der Waals surface area contributed by atoms with Crippen LogP contribution in [0, 0.1) is 5.92 Å². The van der Waals surface area contributed by atoms with Crippen molar-refractivity contribution in [3.63, 3.8) is 0 Å². The van der Waals surface area contributed by atoms with Crippen LogP contribution >= 0.6 is 31.9 Å². The van der Waals surface area contributed by atoms with Crippen LogP contribution in [0.25, 0.3) is 0 Å². The standard InChI is InChI=1S/C18H15Br2N3O3/c19-13-7-14(20)15(24)6-11(13)8-22-23-18(26)16-12(9-21-17(16)25)10-4-2-1-3-5-10/h1-8,12,16,24H,9H2,(H,21,25)(H,23,26)/b22-8+/t12-,16-/m1/s1. The molecule has 1 aliphatic heterocycles. The maximum Gasteiger partial charge on any atom is 0.253 e. The Balaban J connectivity index is 1.73. The normalized spacial score (nSPS) is 19.5. The number of hydrogen-bond acceptors (Lipinski definition) is 4. The maximum absolute atomic E-state index is 12.5. The number of hydrazone groups is 1. The highest BCUT2D eigenvalue weighted by Crippen LogP contribution is 2.30. The van der Waals surface area contributed by atoms with Crippen molar-refractivity contribution in [2.45, 2.75) is 5.92 Å². The van der Waals surface area contributed by atoms with E-state index in [1.807, 2.05) is 30.3 Å². The zero-order valence-corrected chi connectivity index (χ0v) is 16.6. The van der Waals surface area contributed by atoms with Crippen LogP contribution in [0.15, 0.2) is 56.5 Å². The largest absolute Gasteiger partial charge is 0.507 e. The number of halogens is 2. The topological polar surface area (TPSA) is 90.8 Å². The zero-order chi connectivity index (χ0) is 18.7. The van der Waals surface area contributed by atoms with Crippen molar-refractivity contribution < 1.29 is 14.7 Å². The Labute approximate surface area is 166 Å². The molecule has 2 aromatic carbocycles. The molecule has 2 aromatic rings. The van der Waals surface area contributed by atoms with Crippen LogP contribution in [-0.4, -0.2) is 29.7 Å². The third-order valence-corrected chi connectivity index (χ3v) is 5.46. The van der Waals surface area contributed by atoms with Gasteiger partial charge in [0.05, 0.1) is 10.7 Å². The van der Waals surface area contributed by atoms with E-state index in [4.69, 9.17) is 0 Å². The van der Waals surface area contributed by atoms with Crippen molar-refractivity contribution in [3.8, 4) is 5.75 Å². The molecular formula is C18H15Br2N3O3. The fourth-order valence-electron chi connectivity index (χ4n) is 2.82. The molecule has 0 bridgehead atoms. The molecule has 0 spiro atoms. The van der Waals surface area contributed by atoms with Gasteiger partial charge in [0.1, 0.15) is 11.7 Å². The van der Waals surface area contributed by atoms with Crippen molar-refractivity contribution in [3.05, 3.63) is 62.5 Å². The van der Waals surface area contributed by atoms with Gasteiger partial charge in [-0.15, -0.1) is 0 Å². The number of phenolic OH excluding ortho intramolecular Hbond substituents is 1. The lowest BCUT2D eigenvalue weighted by Gasteiger charge is -2.15. The Kier molecular flexibility index (Phi) is 5.73. The predicted octanol–water partition coefficient (Wildman–Crippen LogP) is 2.90. The molecule has 1 fully saturated rings. The average Bonchev–Trinajstić information content (AvgIpc) is 3.01.